The van der Waals surface area contributed by atoms with E-state index in [1.54, 1.807) is 13.3 Å². The third-order valence-electron chi connectivity index (χ3n) is 7.05. The van der Waals surface area contributed by atoms with Gasteiger partial charge < -0.3 is 34.9 Å². The molecule has 40 heavy (non-hydrogen) atoms. The van der Waals surface area contributed by atoms with Gasteiger partial charge in [-0.2, -0.15) is 0 Å². The molecular formula is C28H38N6O6. The highest BCUT2D eigenvalue weighted by atomic mass is 16.5. The van der Waals surface area contributed by atoms with Crippen molar-refractivity contribution in [1.82, 2.24) is 30.4 Å². The number of carbonyl (C=O) groups is 4. The highest BCUT2D eigenvalue weighted by Gasteiger charge is 2.32. The lowest BCUT2D eigenvalue weighted by Crippen LogP contribution is -2.54. The predicted molar refractivity (Wildman–Crippen MR) is 146 cm³/mol. The summed E-state index contributed by atoms with van der Waals surface area (Å²) in [6.07, 6.45) is 5.35. The van der Waals surface area contributed by atoms with Crippen molar-refractivity contribution in [3.8, 4) is 22.9 Å². The van der Waals surface area contributed by atoms with Gasteiger partial charge in [-0.25, -0.2) is 4.98 Å². The molecule has 4 rings (SSSR count). The lowest BCUT2D eigenvalue weighted by Gasteiger charge is -2.27. The molecule has 12 heteroatoms. The third-order valence-corrected chi connectivity index (χ3v) is 7.05. The van der Waals surface area contributed by atoms with Crippen LogP contribution in [-0.2, 0) is 25.7 Å². The zero-order valence-corrected chi connectivity index (χ0v) is 23.3. The van der Waals surface area contributed by atoms with Crippen LogP contribution < -0.4 is 25.4 Å². The van der Waals surface area contributed by atoms with Crippen LogP contribution in [0.2, 0.25) is 0 Å². The Morgan fingerprint density at radius 2 is 1.95 bits per heavy atom. The van der Waals surface area contributed by atoms with Crippen LogP contribution in [0.3, 0.4) is 0 Å². The van der Waals surface area contributed by atoms with E-state index in [1.807, 2.05) is 42.8 Å². The molecular weight excluding hydrogens is 516 g/mol. The van der Waals surface area contributed by atoms with Gasteiger partial charge in [0.15, 0.2) is 11.5 Å². The van der Waals surface area contributed by atoms with Crippen LogP contribution in [0.25, 0.3) is 11.4 Å². The summed E-state index contributed by atoms with van der Waals surface area (Å²) in [7, 11) is 1.57. The number of carbonyl (C=O) groups excluding carboxylic acids is 4. The lowest BCUT2D eigenvalue weighted by molar-refractivity contribution is -0.139. The van der Waals surface area contributed by atoms with Crippen molar-refractivity contribution in [2.24, 2.45) is 5.92 Å². The first kappa shape index (κ1) is 28.9. The molecule has 1 saturated heterocycles. The first-order valence-corrected chi connectivity index (χ1v) is 13.7. The van der Waals surface area contributed by atoms with Gasteiger partial charge in [0.05, 0.1) is 20.3 Å². The first-order valence-electron chi connectivity index (χ1n) is 13.7. The van der Waals surface area contributed by atoms with E-state index in [1.165, 1.54) is 4.90 Å². The summed E-state index contributed by atoms with van der Waals surface area (Å²) in [5.74, 6) is 0.473. The van der Waals surface area contributed by atoms with E-state index in [4.69, 9.17) is 9.47 Å². The van der Waals surface area contributed by atoms with E-state index in [2.05, 4.69) is 20.9 Å². The number of ether oxygens (including phenoxy) is 2. The standard InChI is InChI=1S/C28H38N6O6/c1-18(2)25-27(37)30-10-4-12-33-14-11-29-26(33)19-6-8-21(39-3)22(16-19)40-15-5-13-34(17-24(36)32-25)28(38)20-7-9-23(35)31-20/h6,8,11,14,16,18,20,25H,4-5,7,9-10,12-13,15,17H2,1-3H3,(H,30,37)(H,31,35)(H,32,36)/t20-,25+/m0/s1. The summed E-state index contributed by atoms with van der Waals surface area (Å²) >= 11 is 0. The topological polar surface area (TPSA) is 144 Å². The van der Waals surface area contributed by atoms with E-state index in [0.29, 0.717) is 43.9 Å². The van der Waals surface area contributed by atoms with Crippen molar-refractivity contribution in [2.45, 2.75) is 58.2 Å². The summed E-state index contributed by atoms with van der Waals surface area (Å²) in [6, 6.07) is 4.17. The minimum atomic E-state index is -0.751. The number of nitrogens with one attached hydrogen (secondary N) is 3. The molecule has 1 fully saturated rings. The molecule has 4 amide bonds. The van der Waals surface area contributed by atoms with Gasteiger partial charge in [0.25, 0.3) is 0 Å². The number of fused-ring (bicyclic) bond motifs is 4. The molecule has 2 aromatic rings. The summed E-state index contributed by atoms with van der Waals surface area (Å²) in [4.78, 5) is 56.9. The smallest absolute Gasteiger partial charge is 0.245 e. The highest BCUT2D eigenvalue weighted by molar-refractivity contribution is 5.94. The van der Waals surface area contributed by atoms with Crippen molar-refractivity contribution in [3.05, 3.63) is 30.6 Å². The Morgan fingerprint density at radius 1 is 1.12 bits per heavy atom. The maximum absolute atomic E-state index is 13.2. The van der Waals surface area contributed by atoms with Crippen molar-refractivity contribution in [2.75, 3.05) is 33.4 Å². The summed E-state index contributed by atoms with van der Waals surface area (Å²) in [5.41, 5.74) is 0.853. The maximum Gasteiger partial charge on any atom is 0.245 e. The number of imidazole rings is 1. The quantitative estimate of drug-likeness (QED) is 0.515. The zero-order valence-electron chi connectivity index (χ0n) is 23.3. The van der Waals surface area contributed by atoms with Gasteiger partial charge in [-0.3, -0.25) is 19.2 Å². The average molecular weight is 555 g/mol. The van der Waals surface area contributed by atoms with E-state index in [-0.39, 0.29) is 49.8 Å². The van der Waals surface area contributed by atoms with Crippen molar-refractivity contribution in [3.63, 3.8) is 0 Å². The average Bonchev–Trinajstić information content (AvgIpc) is 3.59. The number of aryl methyl sites for hydroxylation is 1. The first-order chi connectivity index (χ1) is 19.3. The van der Waals surface area contributed by atoms with Crippen LogP contribution in [-0.4, -0.2) is 83.5 Å². The van der Waals surface area contributed by atoms with Crippen molar-refractivity contribution >= 4 is 23.6 Å². The molecule has 2 aliphatic heterocycles. The molecule has 0 aliphatic carbocycles. The SMILES string of the molecule is COc1ccc2cc1OCCCN(C(=O)[C@@H]1CCC(=O)N1)CC(=O)N[C@H](C(C)C)C(=O)NCCCn1ccnc1-2. The van der Waals surface area contributed by atoms with Crippen LogP contribution in [0.1, 0.15) is 39.5 Å². The minimum absolute atomic E-state index is 0.161. The summed E-state index contributed by atoms with van der Waals surface area (Å²) < 4.78 is 13.6. The fourth-order valence-corrected chi connectivity index (χ4v) is 4.90. The molecule has 3 N–H and O–H groups in total. The Morgan fingerprint density at radius 3 is 2.67 bits per heavy atom. The maximum atomic E-state index is 13.2. The van der Waals surface area contributed by atoms with Crippen molar-refractivity contribution in [1.29, 1.82) is 0 Å². The number of benzene rings is 1. The molecule has 1 aromatic carbocycles. The fraction of sp³-hybridized carbons (Fsp3) is 0.536. The Hall–Kier alpha value is -4.09. The Balaban J connectivity index is 1.58. The molecule has 3 heterocycles. The van der Waals surface area contributed by atoms with E-state index in [9.17, 15) is 19.2 Å². The van der Waals surface area contributed by atoms with Crippen LogP contribution in [0, 0.1) is 5.92 Å². The highest BCUT2D eigenvalue weighted by Crippen LogP contribution is 2.32. The van der Waals surface area contributed by atoms with Gasteiger partial charge in [-0.05, 0) is 43.4 Å². The van der Waals surface area contributed by atoms with Gasteiger partial charge >= 0.3 is 0 Å². The van der Waals surface area contributed by atoms with Gasteiger partial charge in [0.1, 0.15) is 17.9 Å². The molecule has 2 atom stereocenters. The van der Waals surface area contributed by atoms with Crippen LogP contribution in [0.15, 0.2) is 30.6 Å². The molecule has 1 aromatic heterocycles. The van der Waals surface area contributed by atoms with Crippen LogP contribution >= 0.6 is 0 Å². The largest absolute Gasteiger partial charge is 0.493 e. The summed E-state index contributed by atoms with van der Waals surface area (Å²) in [5, 5.41) is 8.41. The van der Waals surface area contributed by atoms with Gasteiger partial charge in [-0.15, -0.1) is 0 Å². The Labute approximate surface area is 233 Å². The number of rotatable bonds is 3. The molecule has 0 unspecified atom stereocenters. The van der Waals surface area contributed by atoms with Gasteiger partial charge in [-0.1, -0.05) is 13.8 Å². The second kappa shape index (κ2) is 13.3. The Bertz CT molecular complexity index is 1230. The zero-order chi connectivity index (χ0) is 28.6. The third kappa shape index (κ3) is 7.10. The molecule has 0 radical (unpaired) electrons. The normalized spacial score (nSPS) is 21.2. The lowest BCUT2D eigenvalue weighted by atomic mass is 10.0. The Kier molecular flexibility index (Phi) is 9.62. The number of amides is 4. The second-order valence-corrected chi connectivity index (χ2v) is 10.4. The molecule has 0 spiro atoms. The monoisotopic (exact) mass is 554 g/mol. The minimum Gasteiger partial charge on any atom is -0.493 e. The van der Waals surface area contributed by atoms with E-state index in [0.717, 1.165) is 11.4 Å². The number of nitrogens with zero attached hydrogens (tertiary/aromatic N) is 3. The summed E-state index contributed by atoms with van der Waals surface area (Å²) in [6.45, 7) is 5.01. The van der Waals surface area contributed by atoms with E-state index >= 15 is 0 Å². The van der Waals surface area contributed by atoms with Crippen LogP contribution in [0.4, 0.5) is 0 Å². The van der Waals surface area contributed by atoms with Gasteiger partial charge in [0.2, 0.25) is 23.6 Å². The van der Waals surface area contributed by atoms with Gasteiger partial charge in [0, 0.05) is 44.0 Å². The second-order valence-electron chi connectivity index (χ2n) is 10.4. The molecule has 216 valence electrons. The molecule has 12 nitrogen and oxygen atoms in total. The molecule has 2 aliphatic rings. The van der Waals surface area contributed by atoms with Crippen LogP contribution in [0.5, 0.6) is 11.5 Å². The molecule has 2 bridgehead atoms. The number of methoxy groups -OCH3 is 1. The van der Waals surface area contributed by atoms with E-state index < -0.39 is 18.0 Å². The number of hydrogen-bond acceptors (Lipinski definition) is 7. The number of aromatic nitrogens is 2. The fourth-order valence-electron chi connectivity index (χ4n) is 4.90. The van der Waals surface area contributed by atoms with Crippen molar-refractivity contribution < 1.29 is 28.7 Å². The molecule has 0 saturated carbocycles. The predicted octanol–water partition coefficient (Wildman–Crippen LogP) is 1.10. The number of hydrogen-bond donors (Lipinski definition) is 3.